The van der Waals surface area contributed by atoms with Crippen LogP contribution in [0.2, 0.25) is 25.7 Å². The summed E-state index contributed by atoms with van der Waals surface area (Å²) in [6.07, 6.45) is 12.1. The van der Waals surface area contributed by atoms with Crippen LogP contribution in [0.25, 0.3) is 0 Å². The van der Waals surface area contributed by atoms with Gasteiger partial charge in [-0.05, 0) is 18.4 Å². The van der Waals surface area contributed by atoms with Crippen LogP contribution in [-0.4, -0.2) is 8.07 Å². The highest BCUT2D eigenvalue weighted by atomic mass is 28.3. The van der Waals surface area contributed by atoms with Gasteiger partial charge in [-0.3, -0.25) is 0 Å². The topological polar surface area (TPSA) is 0 Å². The first-order valence-corrected chi connectivity index (χ1v) is 9.44. The van der Waals surface area contributed by atoms with Gasteiger partial charge in [-0.15, -0.1) is 0 Å². The van der Waals surface area contributed by atoms with E-state index in [2.05, 4.69) is 31.8 Å². The van der Waals surface area contributed by atoms with Crippen molar-refractivity contribution in [2.75, 3.05) is 0 Å². The highest BCUT2D eigenvalue weighted by Crippen LogP contribution is 2.27. The average molecular weight is 196 g/mol. The van der Waals surface area contributed by atoms with Gasteiger partial charge in [0.1, 0.15) is 0 Å². The quantitative estimate of drug-likeness (QED) is 0.460. The first-order chi connectivity index (χ1) is 6.08. The van der Waals surface area contributed by atoms with Gasteiger partial charge in [0, 0.05) is 8.07 Å². The van der Waals surface area contributed by atoms with Gasteiger partial charge in [-0.2, -0.15) is 0 Å². The summed E-state index contributed by atoms with van der Waals surface area (Å²) in [5.74, 6) is 1.03. The molecule has 0 atom stereocenters. The van der Waals surface area contributed by atoms with Crippen molar-refractivity contribution >= 4 is 8.07 Å². The molecular formula is C12H24Si. The van der Waals surface area contributed by atoms with E-state index in [-0.39, 0.29) is 0 Å². The Kier molecular flexibility index (Phi) is 4.24. The van der Waals surface area contributed by atoms with E-state index in [1.165, 1.54) is 38.1 Å². The Morgan fingerprint density at radius 3 is 2.23 bits per heavy atom. The molecule has 1 aliphatic carbocycles. The lowest BCUT2D eigenvalue weighted by Gasteiger charge is -2.12. The smallest absolute Gasteiger partial charge is 0.0480 e. The summed E-state index contributed by atoms with van der Waals surface area (Å²) in [6, 6.07) is 1.36. The zero-order chi connectivity index (χ0) is 9.73. The van der Waals surface area contributed by atoms with Crippen molar-refractivity contribution in [2.45, 2.75) is 57.8 Å². The van der Waals surface area contributed by atoms with Crippen LogP contribution in [0.4, 0.5) is 0 Å². The van der Waals surface area contributed by atoms with Crippen LogP contribution in [0.5, 0.6) is 0 Å². The molecule has 0 unspecified atom stereocenters. The van der Waals surface area contributed by atoms with Crippen molar-refractivity contribution in [1.29, 1.82) is 0 Å². The summed E-state index contributed by atoms with van der Waals surface area (Å²) in [7, 11) is -0.821. The third kappa shape index (κ3) is 5.30. The van der Waals surface area contributed by atoms with Crippen LogP contribution in [0.15, 0.2) is 12.2 Å². The molecule has 1 heteroatoms. The van der Waals surface area contributed by atoms with E-state index in [1.807, 2.05) is 0 Å². The largest absolute Gasteiger partial charge is 0.0912 e. The van der Waals surface area contributed by atoms with Crippen molar-refractivity contribution in [3.05, 3.63) is 12.2 Å². The van der Waals surface area contributed by atoms with E-state index in [4.69, 9.17) is 0 Å². The Morgan fingerprint density at radius 2 is 1.69 bits per heavy atom. The van der Waals surface area contributed by atoms with Crippen molar-refractivity contribution in [3.8, 4) is 0 Å². The Bertz CT molecular complexity index is 158. The van der Waals surface area contributed by atoms with E-state index in [9.17, 15) is 0 Å². The Balaban J connectivity index is 2.10. The highest BCUT2D eigenvalue weighted by molar-refractivity contribution is 6.76. The van der Waals surface area contributed by atoms with Crippen LogP contribution in [-0.2, 0) is 0 Å². The van der Waals surface area contributed by atoms with Gasteiger partial charge in [-0.25, -0.2) is 0 Å². The maximum absolute atomic E-state index is 2.44. The monoisotopic (exact) mass is 196 g/mol. The molecule has 0 nitrogen and oxygen atoms in total. The summed E-state index contributed by atoms with van der Waals surface area (Å²) in [4.78, 5) is 0. The SMILES string of the molecule is C[Si](C)(C)CC=CCC1CCCC1. The maximum Gasteiger partial charge on any atom is 0.0480 e. The van der Waals surface area contributed by atoms with Crippen LogP contribution >= 0.6 is 0 Å². The minimum Gasteiger partial charge on any atom is -0.0912 e. The number of allylic oxidation sites excluding steroid dienone is 2. The van der Waals surface area contributed by atoms with Crippen molar-refractivity contribution in [1.82, 2.24) is 0 Å². The van der Waals surface area contributed by atoms with E-state index in [0.29, 0.717) is 0 Å². The lowest BCUT2D eigenvalue weighted by atomic mass is 10.0. The molecule has 0 spiro atoms. The van der Waals surface area contributed by atoms with Gasteiger partial charge >= 0.3 is 0 Å². The normalized spacial score (nSPS) is 20.2. The van der Waals surface area contributed by atoms with Crippen LogP contribution in [0.1, 0.15) is 32.1 Å². The van der Waals surface area contributed by atoms with E-state index in [1.54, 1.807) is 0 Å². The lowest BCUT2D eigenvalue weighted by molar-refractivity contribution is 0.558. The molecule has 13 heavy (non-hydrogen) atoms. The molecule has 0 saturated heterocycles. The predicted octanol–water partition coefficient (Wildman–Crippen LogP) is 4.46. The molecule has 1 saturated carbocycles. The third-order valence-electron chi connectivity index (χ3n) is 2.84. The van der Waals surface area contributed by atoms with Gasteiger partial charge in [0.25, 0.3) is 0 Å². The molecule has 0 radical (unpaired) electrons. The fourth-order valence-electron chi connectivity index (χ4n) is 1.97. The second-order valence-electron chi connectivity index (χ2n) is 5.62. The van der Waals surface area contributed by atoms with Crippen LogP contribution in [0.3, 0.4) is 0 Å². The zero-order valence-corrected chi connectivity index (χ0v) is 10.5. The zero-order valence-electron chi connectivity index (χ0n) is 9.47. The molecule has 0 amide bonds. The molecule has 0 aromatic carbocycles. The van der Waals surface area contributed by atoms with E-state index < -0.39 is 8.07 Å². The molecule has 0 aliphatic heterocycles. The third-order valence-corrected chi connectivity index (χ3v) is 4.30. The first kappa shape index (κ1) is 11.0. The molecule has 1 aliphatic rings. The summed E-state index contributed by atoms with van der Waals surface area (Å²) in [5.41, 5.74) is 0. The highest BCUT2D eigenvalue weighted by Gasteiger charge is 2.13. The second kappa shape index (κ2) is 4.99. The molecule has 0 aromatic heterocycles. The lowest BCUT2D eigenvalue weighted by Crippen LogP contribution is -2.17. The molecule has 1 rings (SSSR count). The summed E-state index contributed by atoms with van der Waals surface area (Å²) >= 11 is 0. The molecule has 0 bridgehead atoms. The maximum atomic E-state index is 2.44. The van der Waals surface area contributed by atoms with Crippen LogP contribution < -0.4 is 0 Å². The number of rotatable bonds is 4. The predicted molar refractivity (Wildman–Crippen MR) is 63.9 cm³/mol. The fraction of sp³-hybridized carbons (Fsp3) is 0.833. The van der Waals surface area contributed by atoms with Crippen molar-refractivity contribution in [2.24, 2.45) is 5.92 Å². The number of hydrogen-bond donors (Lipinski definition) is 0. The minimum atomic E-state index is -0.821. The van der Waals surface area contributed by atoms with Gasteiger partial charge < -0.3 is 0 Å². The Hall–Kier alpha value is -0.0431. The summed E-state index contributed by atoms with van der Waals surface area (Å²) in [6.45, 7) is 7.31. The van der Waals surface area contributed by atoms with Gasteiger partial charge in [-0.1, -0.05) is 57.5 Å². The Morgan fingerprint density at radius 1 is 1.08 bits per heavy atom. The first-order valence-electron chi connectivity index (χ1n) is 5.73. The van der Waals surface area contributed by atoms with Crippen molar-refractivity contribution in [3.63, 3.8) is 0 Å². The molecular weight excluding hydrogens is 172 g/mol. The minimum absolute atomic E-state index is 0.821. The van der Waals surface area contributed by atoms with Crippen LogP contribution in [0, 0.1) is 5.92 Å². The number of hydrogen-bond acceptors (Lipinski definition) is 0. The second-order valence-corrected chi connectivity index (χ2v) is 11.2. The van der Waals surface area contributed by atoms with Gasteiger partial charge in [0.15, 0.2) is 0 Å². The molecule has 76 valence electrons. The summed E-state index contributed by atoms with van der Waals surface area (Å²) < 4.78 is 0. The standard InChI is InChI=1S/C12H24Si/c1-13(2,3)11-7-6-10-12-8-4-5-9-12/h6-7,12H,4-5,8-11H2,1-3H3. The molecule has 0 heterocycles. The molecule has 0 aromatic rings. The van der Waals surface area contributed by atoms with E-state index >= 15 is 0 Å². The van der Waals surface area contributed by atoms with Crippen molar-refractivity contribution < 1.29 is 0 Å². The Labute approximate surface area is 84.4 Å². The van der Waals surface area contributed by atoms with Gasteiger partial charge in [0.2, 0.25) is 0 Å². The summed E-state index contributed by atoms with van der Waals surface area (Å²) in [5, 5.41) is 0. The molecule has 1 fully saturated rings. The average Bonchev–Trinajstić information content (AvgIpc) is 2.48. The molecule has 0 N–H and O–H groups in total. The van der Waals surface area contributed by atoms with Gasteiger partial charge in [0.05, 0.1) is 0 Å². The van der Waals surface area contributed by atoms with E-state index in [0.717, 1.165) is 5.92 Å². The fourth-order valence-corrected chi connectivity index (χ4v) is 2.85.